The topological polar surface area (TPSA) is 30.5 Å². The summed E-state index contributed by atoms with van der Waals surface area (Å²) in [5.41, 5.74) is 1.16. The number of hydrogen-bond acceptors (Lipinski definition) is 3. The van der Waals surface area contributed by atoms with E-state index >= 15 is 0 Å². The number of hydrogen-bond donors (Lipinski definition) is 1. The molecule has 0 aliphatic heterocycles. The van der Waals surface area contributed by atoms with Crippen molar-refractivity contribution in [1.82, 2.24) is 5.32 Å². The summed E-state index contributed by atoms with van der Waals surface area (Å²) in [7, 11) is 0. The molecule has 0 amide bonds. The third-order valence-electron chi connectivity index (χ3n) is 3.66. The molecule has 1 aliphatic rings. The second kappa shape index (κ2) is 7.43. The average Bonchev–Trinajstić information content (AvgIpc) is 2.41. The van der Waals surface area contributed by atoms with Crippen LogP contribution < -0.4 is 10.1 Å². The highest BCUT2D eigenvalue weighted by molar-refractivity contribution is 9.10. The summed E-state index contributed by atoms with van der Waals surface area (Å²) >= 11 is 3.50. The van der Waals surface area contributed by atoms with E-state index in [2.05, 4.69) is 48.1 Å². The maximum absolute atomic E-state index is 6.15. The fourth-order valence-corrected chi connectivity index (χ4v) is 2.84. The second-order valence-corrected chi connectivity index (χ2v) is 6.22. The third-order valence-corrected chi connectivity index (χ3v) is 4.15. The van der Waals surface area contributed by atoms with E-state index in [1.165, 1.54) is 0 Å². The van der Waals surface area contributed by atoms with E-state index in [4.69, 9.17) is 9.47 Å². The van der Waals surface area contributed by atoms with Gasteiger partial charge in [0.1, 0.15) is 18.0 Å². The molecule has 2 rings (SSSR count). The van der Waals surface area contributed by atoms with Gasteiger partial charge in [0.05, 0.1) is 0 Å². The lowest BCUT2D eigenvalue weighted by Crippen LogP contribution is -2.61. The molecule has 0 saturated heterocycles. The Labute approximate surface area is 130 Å². The van der Waals surface area contributed by atoms with Gasteiger partial charge in [-0.05, 0) is 37.6 Å². The molecule has 0 spiro atoms. The smallest absolute Gasteiger partial charge is 0.128 e. The molecule has 0 bridgehead atoms. The standard InChI is InChI=1S/C16H24BrNO2/c1-4-8-19-16-13(18-5-2)10-15(16)20-14-9-12(17)7-6-11(14)3/h6-7,9,13,15-16,18H,4-5,8,10H2,1-3H3. The number of likely N-dealkylation sites (N-methyl/N-ethyl adjacent to an activating group) is 1. The number of benzene rings is 1. The van der Waals surface area contributed by atoms with Crippen molar-refractivity contribution < 1.29 is 9.47 Å². The summed E-state index contributed by atoms with van der Waals surface area (Å²) in [4.78, 5) is 0. The molecule has 112 valence electrons. The molecule has 3 nitrogen and oxygen atoms in total. The molecular formula is C16H24BrNO2. The minimum absolute atomic E-state index is 0.151. The van der Waals surface area contributed by atoms with Crippen LogP contribution in [0.1, 0.15) is 32.3 Å². The molecule has 1 fully saturated rings. The Morgan fingerprint density at radius 2 is 2.15 bits per heavy atom. The molecule has 20 heavy (non-hydrogen) atoms. The fraction of sp³-hybridized carbons (Fsp3) is 0.625. The fourth-order valence-electron chi connectivity index (χ4n) is 2.50. The first kappa shape index (κ1) is 15.8. The van der Waals surface area contributed by atoms with Crippen molar-refractivity contribution in [2.45, 2.75) is 51.9 Å². The molecule has 3 unspecified atom stereocenters. The van der Waals surface area contributed by atoms with Crippen LogP contribution in [0.4, 0.5) is 0 Å². The van der Waals surface area contributed by atoms with Crippen molar-refractivity contribution in [3.8, 4) is 5.75 Å². The first-order chi connectivity index (χ1) is 9.65. The summed E-state index contributed by atoms with van der Waals surface area (Å²) in [5.74, 6) is 0.949. The number of ether oxygens (including phenoxy) is 2. The quantitative estimate of drug-likeness (QED) is 0.820. The molecule has 0 radical (unpaired) electrons. The number of aryl methyl sites for hydroxylation is 1. The molecule has 3 atom stereocenters. The molecule has 1 N–H and O–H groups in total. The van der Waals surface area contributed by atoms with Crippen LogP contribution in [0.25, 0.3) is 0 Å². The van der Waals surface area contributed by atoms with Gasteiger partial charge in [0.25, 0.3) is 0 Å². The van der Waals surface area contributed by atoms with E-state index in [0.717, 1.165) is 41.8 Å². The van der Waals surface area contributed by atoms with Gasteiger partial charge in [0.15, 0.2) is 0 Å². The molecule has 4 heteroatoms. The Kier molecular flexibility index (Phi) is 5.87. The number of nitrogens with one attached hydrogen (secondary N) is 1. The molecule has 0 aromatic heterocycles. The van der Waals surface area contributed by atoms with Crippen LogP contribution in [0.3, 0.4) is 0 Å². The second-order valence-electron chi connectivity index (χ2n) is 5.30. The van der Waals surface area contributed by atoms with Gasteiger partial charge in [0, 0.05) is 23.5 Å². The van der Waals surface area contributed by atoms with Crippen LogP contribution in [0.5, 0.6) is 5.75 Å². The monoisotopic (exact) mass is 341 g/mol. The minimum Gasteiger partial charge on any atom is -0.487 e. The Morgan fingerprint density at radius 1 is 1.35 bits per heavy atom. The van der Waals surface area contributed by atoms with Crippen molar-refractivity contribution >= 4 is 15.9 Å². The van der Waals surface area contributed by atoms with Gasteiger partial charge in [-0.2, -0.15) is 0 Å². The first-order valence-corrected chi connectivity index (χ1v) is 8.22. The maximum Gasteiger partial charge on any atom is 0.128 e. The Morgan fingerprint density at radius 3 is 2.85 bits per heavy atom. The van der Waals surface area contributed by atoms with E-state index in [1.54, 1.807) is 0 Å². The van der Waals surface area contributed by atoms with Crippen molar-refractivity contribution in [3.63, 3.8) is 0 Å². The van der Waals surface area contributed by atoms with Gasteiger partial charge in [-0.25, -0.2) is 0 Å². The highest BCUT2D eigenvalue weighted by atomic mass is 79.9. The van der Waals surface area contributed by atoms with Gasteiger partial charge in [-0.1, -0.05) is 35.8 Å². The van der Waals surface area contributed by atoms with Gasteiger partial charge >= 0.3 is 0 Å². The Hall–Kier alpha value is -0.580. The SMILES string of the molecule is CCCOC1C(NCC)CC1Oc1cc(Br)ccc1C. The summed E-state index contributed by atoms with van der Waals surface area (Å²) < 4.78 is 13.1. The van der Waals surface area contributed by atoms with Crippen molar-refractivity contribution in [2.24, 2.45) is 0 Å². The molecular weight excluding hydrogens is 318 g/mol. The van der Waals surface area contributed by atoms with Crippen LogP contribution in [-0.2, 0) is 4.74 Å². The lowest BCUT2D eigenvalue weighted by atomic mass is 9.85. The summed E-state index contributed by atoms with van der Waals surface area (Å²) in [6.45, 7) is 8.10. The van der Waals surface area contributed by atoms with Crippen LogP contribution in [0.15, 0.2) is 22.7 Å². The number of rotatable bonds is 7. The van der Waals surface area contributed by atoms with E-state index in [1.807, 2.05) is 12.1 Å². The van der Waals surface area contributed by atoms with Gasteiger partial charge in [-0.15, -0.1) is 0 Å². The van der Waals surface area contributed by atoms with E-state index in [-0.39, 0.29) is 12.2 Å². The zero-order valence-electron chi connectivity index (χ0n) is 12.5. The maximum atomic E-state index is 6.15. The van der Waals surface area contributed by atoms with Gasteiger partial charge < -0.3 is 14.8 Å². The normalized spacial score (nSPS) is 25.3. The molecule has 1 aliphatic carbocycles. The highest BCUT2D eigenvalue weighted by Gasteiger charge is 2.43. The largest absolute Gasteiger partial charge is 0.487 e. The van der Waals surface area contributed by atoms with E-state index in [9.17, 15) is 0 Å². The van der Waals surface area contributed by atoms with Crippen molar-refractivity contribution in [1.29, 1.82) is 0 Å². The van der Waals surface area contributed by atoms with Crippen LogP contribution >= 0.6 is 15.9 Å². The predicted octanol–water partition coefficient (Wildman–Crippen LogP) is 3.68. The molecule has 0 heterocycles. The van der Waals surface area contributed by atoms with Crippen LogP contribution in [0.2, 0.25) is 0 Å². The van der Waals surface area contributed by atoms with Crippen molar-refractivity contribution in [3.05, 3.63) is 28.2 Å². The van der Waals surface area contributed by atoms with Crippen LogP contribution in [0, 0.1) is 6.92 Å². The highest BCUT2D eigenvalue weighted by Crippen LogP contribution is 2.32. The van der Waals surface area contributed by atoms with Gasteiger partial charge in [0.2, 0.25) is 0 Å². The summed E-state index contributed by atoms with van der Waals surface area (Å²) in [6, 6.07) is 6.56. The first-order valence-electron chi connectivity index (χ1n) is 7.43. The lowest BCUT2D eigenvalue weighted by molar-refractivity contribution is -0.107. The predicted molar refractivity (Wildman–Crippen MR) is 85.4 cm³/mol. The van der Waals surface area contributed by atoms with E-state index < -0.39 is 0 Å². The Bertz CT molecular complexity index is 438. The van der Waals surface area contributed by atoms with E-state index in [0.29, 0.717) is 6.04 Å². The summed E-state index contributed by atoms with van der Waals surface area (Å²) in [5, 5.41) is 3.47. The summed E-state index contributed by atoms with van der Waals surface area (Å²) in [6.07, 6.45) is 2.36. The zero-order valence-corrected chi connectivity index (χ0v) is 14.1. The average molecular weight is 342 g/mol. The lowest BCUT2D eigenvalue weighted by Gasteiger charge is -2.44. The zero-order chi connectivity index (χ0) is 14.5. The minimum atomic E-state index is 0.151. The van der Waals surface area contributed by atoms with Gasteiger partial charge in [-0.3, -0.25) is 0 Å². The Balaban J connectivity index is 1.99. The molecule has 1 aromatic rings. The molecule has 1 aromatic carbocycles. The van der Waals surface area contributed by atoms with Crippen molar-refractivity contribution in [2.75, 3.05) is 13.2 Å². The van der Waals surface area contributed by atoms with Crippen LogP contribution in [-0.4, -0.2) is 31.4 Å². The third kappa shape index (κ3) is 3.74. The number of halogens is 1. The molecule has 1 saturated carbocycles.